The highest BCUT2D eigenvalue weighted by atomic mass is 16.5. The van der Waals surface area contributed by atoms with Crippen molar-refractivity contribution < 1.29 is 14.3 Å². The Labute approximate surface area is 131 Å². The van der Waals surface area contributed by atoms with Gasteiger partial charge in [-0.1, -0.05) is 25.1 Å². The predicted molar refractivity (Wildman–Crippen MR) is 84.6 cm³/mol. The molecule has 22 heavy (non-hydrogen) atoms. The molecule has 1 aliphatic heterocycles. The summed E-state index contributed by atoms with van der Waals surface area (Å²) in [4.78, 5) is 26.8. The lowest BCUT2D eigenvalue weighted by atomic mass is 10.0. The molecule has 2 rings (SSSR count). The van der Waals surface area contributed by atoms with Crippen molar-refractivity contribution in [2.75, 3.05) is 13.2 Å². The number of amides is 2. The number of benzene rings is 1. The van der Waals surface area contributed by atoms with Crippen LogP contribution in [0.2, 0.25) is 0 Å². The number of ether oxygens (including phenoxy) is 1. The van der Waals surface area contributed by atoms with Crippen molar-refractivity contribution in [2.45, 2.75) is 45.7 Å². The zero-order chi connectivity index (χ0) is 16.3. The van der Waals surface area contributed by atoms with Gasteiger partial charge in [0.2, 0.25) is 5.91 Å². The molecule has 0 aliphatic carbocycles. The van der Waals surface area contributed by atoms with E-state index in [1.54, 1.807) is 11.0 Å². The van der Waals surface area contributed by atoms with Crippen LogP contribution in [-0.2, 0) is 9.59 Å². The number of carbonyl (C=O) groups excluding carboxylic acids is 2. The largest absolute Gasteiger partial charge is 0.483 e. The Morgan fingerprint density at radius 2 is 2.05 bits per heavy atom. The summed E-state index contributed by atoms with van der Waals surface area (Å²) in [5, 5.41) is 2.98. The van der Waals surface area contributed by atoms with Gasteiger partial charge in [-0.2, -0.15) is 0 Å². The molecule has 1 aliphatic rings. The molecule has 1 atom stereocenters. The first-order valence-corrected chi connectivity index (χ1v) is 7.66. The molecule has 2 amide bonds. The van der Waals surface area contributed by atoms with Crippen LogP contribution in [0.3, 0.4) is 0 Å². The predicted octanol–water partition coefficient (Wildman–Crippen LogP) is 2.27. The Morgan fingerprint density at radius 3 is 2.68 bits per heavy atom. The molecule has 0 fully saturated rings. The molecule has 0 bridgehead atoms. The monoisotopic (exact) mass is 304 g/mol. The molecule has 0 radical (unpaired) electrons. The lowest BCUT2D eigenvalue weighted by Gasteiger charge is -2.31. The molecular formula is C17H24N2O3. The van der Waals surface area contributed by atoms with Gasteiger partial charge in [0.15, 0.2) is 6.61 Å². The maximum absolute atomic E-state index is 12.8. The summed E-state index contributed by atoms with van der Waals surface area (Å²) in [5.74, 6) is 0.267. The molecule has 1 heterocycles. The Morgan fingerprint density at radius 1 is 1.36 bits per heavy atom. The minimum absolute atomic E-state index is 0.0314. The summed E-state index contributed by atoms with van der Waals surface area (Å²) < 4.78 is 5.58. The zero-order valence-electron chi connectivity index (χ0n) is 13.7. The Bertz CT molecular complexity index is 563. The number of carbonyl (C=O) groups is 2. The van der Waals surface area contributed by atoms with Crippen molar-refractivity contribution in [3.63, 3.8) is 0 Å². The third kappa shape index (κ3) is 3.59. The second-order valence-corrected chi connectivity index (χ2v) is 6.56. The fraction of sp³-hybridized carbons (Fsp3) is 0.529. The zero-order valence-corrected chi connectivity index (χ0v) is 13.7. The van der Waals surface area contributed by atoms with Gasteiger partial charge in [0.25, 0.3) is 5.91 Å². The Kier molecular flexibility index (Phi) is 4.74. The van der Waals surface area contributed by atoms with E-state index in [4.69, 9.17) is 4.74 Å². The second kappa shape index (κ2) is 6.38. The lowest BCUT2D eigenvalue weighted by molar-refractivity contribution is -0.142. The van der Waals surface area contributed by atoms with Crippen LogP contribution in [0.1, 0.15) is 45.7 Å². The van der Waals surface area contributed by atoms with Crippen molar-refractivity contribution in [1.82, 2.24) is 10.2 Å². The molecule has 0 aromatic heterocycles. The number of fused-ring (bicyclic) bond motifs is 1. The van der Waals surface area contributed by atoms with Gasteiger partial charge < -0.3 is 15.0 Å². The number of nitrogens with one attached hydrogen (secondary N) is 1. The molecule has 1 aromatic rings. The smallest absolute Gasteiger partial charge is 0.261 e. The summed E-state index contributed by atoms with van der Waals surface area (Å²) in [6, 6.07) is 6.71. The fourth-order valence-corrected chi connectivity index (χ4v) is 2.59. The van der Waals surface area contributed by atoms with Crippen LogP contribution in [0.25, 0.3) is 0 Å². The number of hydrogen-bond donors (Lipinski definition) is 1. The van der Waals surface area contributed by atoms with E-state index in [2.05, 4.69) is 5.32 Å². The molecule has 0 saturated carbocycles. The Hall–Kier alpha value is -2.04. The average molecular weight is 304 g/mol. The number of rotatable bonds is 3. The van der Waals surface area contributed by atoms with Gasteiger partial charge in [-0.3, -0.25) is 9.59 Å². The summed E-state index contributed by atoms with van der Waals surface area (Å²) in [5.41, 5.74) is 0.378. The molecule has 0 spiro atoms. The Balaban J connectivity index is 2.45. The van der Waals surface area contributed by atoms with Crippen LogP contribution in [0, 0.1) is 0 Å². The van der Waals surface area contributed by atoms with Gasteiger partial charge in [-0.25, -0.2) is 0 Å². The maximum Gasteiger partial charge on any atom is 0.261 e. The van der Waals surface area contributed by atoms with E-state index in [0.29, 0.717) is 12.3 Å². The molecular weight excluding hydrogens is 280 g/mol. The first-order chi connectivity index (χ1) is 10.3. The lowest BCUT2D eigenvalue weighted by Crippen LogP contribution is -2.49. The topological polar surface area (TPSA) is 58.6 Å². The quantitative estimate of drug-likeness (QED) is 0.932. The van der Waals surface area contributed by atoms with Gasteiger partial charge in [0.05, 0.1) is 0 Å². The summed E-state index contributed by atoms with van der Waals surface area (Å²) >= 11 is 0. The van der Waals surface area contributed by atoms with Gasteiger partial charge in [0.1, 0.15) is 11.8 Å². The minimum Gasteiger partial charge on any atom is -0.483 e. The highest BCUT2D eigenvalue weighted by Crippen LogP contribution is 2.33. The van der Waals surface area contributed by atoms with Crippen molar-refractivity contribution >= 4 is 11.8 Å². The van der Waals surface area contributed by atoms with Crippen LogP contribution in [0.5, 0.6) is 5.75 Å². The number of para-hydroxylation sites is 1. The van der Waals surface area contributed by atoms with E-state index in [-0.39, 0.29) is 24.0 Å². The van der Waals surface area contributed by atoms with E-state index in [9.17, 15) is 9.59 Å². The van der Waals surface area contributed by atoms with Gasteiger partial charge >= 0.3 is 0 Å². The first-order valence-electron chi connectivity index (χ1n) is 7.66. The van der Waals surface area contributed by atoms with Crippen LogP contribution in [0.4, 0.5) is 0 Å². The molecule has 1 aromatic carbocycles. The van der Waals surface area contributed by atoms with Gasteiger partial charge in [0, 0.05) is 17.6 Å². The standard InChI is InChI=1S/C17H24N2O3/c1-5-10-19-14(20)11-22-13-9-7-6-8-12(13)15(19)16(21)18-17(2,3)4/h6-9,15H,5,10-11H2,1-4H3,(H,18,21). The highest BCUT2D eigenvalue weighted by Gasteiger charge is 2.36. The maximum atomic E-state index is 12.8. The highest BCUT2D eigenvalue weighted by molar-refractivity contribution is 5.91. The molecule has 0 saturated heterocycles. The second-order valence-electron chi connectivity index (χ2n) is 6.56. The fourth-order valence-electron chi connectivity index (χ4n) is 2.59. The van der Waals surface area contributed by atoms with Crippen LogP contribution in [0.15, 0.2) is 24.3 Å². The molecule has 5 nitrogen and oxygen atoms in total. The van der Waals surface area contributed by atoms with Crippen LogP contribution in [-0.4, -0.2) is 35.4 Å². The van der Waals surface area contributed by atoms with Crippen molar-refractivity contribution in [2.24, 2.45) is 0 Å². The van der Waals surface area contributed by atoms with E-state index in [1.807, 2.05) is 45.9 Å². The molecule has 1 N–H and O–H groups in total. The summed E-state index contributed by atoms with van der Waals surface area (Å²) in [7, 11) is 0. The molecule has 5 heteroatoms. The van der Waals surface area contributed by atoms with E-state index < -0.39 is 6.04 Å². The van der Waals surface area contributed by atoms with Crippen molar-refractivity contribution in [3.8, 4) is 5.75 Å². The molecule has 120 valence electrons. The average Bonchev–Trinajstić information content (AvgIpc) is 2.56. The SMILES string of the molecule is CCCN1C(=O)COc2ccccc2C1C(=O)NC(C)(C)C. The van der Waals surface area contributed by atoms with Crippen molar-refractivity contribution in [3.05, 3.63) is 29.8 Å². The van der Waals surface area contributed by atoms with Crippen LogP contribution < -0.4 is 10.1 Å². The van der Waals surface area contributed by atoms with Crippen molar-refractivity contribution in [1.29, 1.82) is 0 Å². The van der Waals surface area contributed by atoms with E-state index in [0.717, 1.165) is 12.0 Å². The minimum atomic E-state index is -0.648. The van der Waals surface area contributed by atoms with E-state index in [1.165, 1.54) is 0 Å². The summed E-state index contributed by atoms with van der Waals surface area (Å²) in [6.45, 7) is 8.26. The summed E-state index contributed by atoms with van der Waals surface area (Å²) in [6.07, 6.45) is 0.785. The number of hydrogen-bond acceptors (Lipinski definition) is 3. The van der Waals surface area contributed by atoms with Gasteiger partial charge in [-0.05, 0) is 33.3 Å². The van der Waals surface area contributed by atoms with Crippen LogP contribution >= 0.6 is 0 Å². The number of nitrogens with zero attached hydrogens (tertiary/aromatic N) is 1. The molecule has 1 unspecified atom stereocenters. The first kappa shape index (κ1) is 16.3. The van der Waals surface area contributed by atoms with Gasteiger partial charge in [-0.15, -0.1) is 0 Å². The third-order valence-electron chi connectivity index (χ3n) is 3.41. The normalized spacial score (nSPS) is 18.3. The van der Waals surface area contributed by atoms with E-state index >= 15 is 0 Å². The third-order valence-corrected chi connectivity index (χ3v) is 3.41.